The molecule has 0 bridgehead atoms. The Labute approximate surface area is 227 Å². The smallest absolute Gasteiger partial charge is 0.243 e. The summed E-state index contributed by atoms with van der Waals surface area (Å²) in [5.41, 5.74) is 6.22. The Morgan fingerprint density at radius 1 is 0.921 bits per heavy atom. The van der Waals surface area contributed by atoms with Crippen LogP contribution < -0.4 is 4.74 Å². The fourth-order valence-corrected chi connectivity index (χ4v) is 7.40. The number of para-hydroxylation sites is 1. The van der Waals surface area contributed by atoms with Gasteiger partial charge in [0.1, 0.15) is 5.75 Å². The molecule has 0 amide bonds. The number of hydrogen-bond donors (Lipinski definition) is 0. The summed E-state index contributed by atoms with van der Waals surface area (Å²) in [6, 6.07) is 24.3. The molecule has 4 aromatic rings. The largest absolute Gasteiger partial charge is 0.497 e. The molecule has 3 aromatic carbocycles. The van der Waals surface area contributed by atoms with Gasteiger partial charge in [-0.25, -0.2) is 8.42 Å². The summed E-state index contributed by atoms with van der Waals surface area (Å²) in [5, 5.41) is 1.27. The van der Waals surface area contributed by atoms with Crippen molar-refractivity contribution in [2.75, 3.05) is 20.2 Å². The van der Waals surface area contributed by atoms with Crippen LogP contribution in [0, 0.1) is 12.8 Å². The molecule has 0 N–H and O–H groups in total. The van der Waals surface area contributed by atoms with Crippen LogP contribution in [-0.4, -0.2) is 37.5 Å². The summed E-state index contributed by atoms with van der Waals surface area (Å²) in [6.07, 6.45) is 2.59. The fraction of sp³-hybridized carbons (Fsp3) is 0.375. The van der Waals surface area contributed by atoms with Gasteiger partial charge in [-0.2, -0.15) is 4.31 Å². The molecule has 1 aromatic heterocycles. The minimum absolute atomic E-state index is 0.325. The van der Waals surface area contributed by atoms with Crippen molar-refractivity contribution in [3.63, 3.8) is 0 Å². The predicted octanol–water partition coefficient (Wildman–Crippen LogP) is 6.77. The summed E-state index contributed by atoms with van der Waals surface area (Å²) in [7, 11) is -1.79. The first-order valence-electron chi connectivity index (χ1n) is 13.6. The maximum atomic E-state index is 13.4. The molecule has 0 spiro atoms. The van der Waals surface area contributed by atoms with E-state index < -0.39 is 10.0 Å². The molecule has 200 valence electrons. The minimum atomic E-state index is -3.49. The zero-order valence-electron chi connectivity index (χ0n) is 22.9. The highest BCUT2D eigenvalue weighted by molar-refractivity contribution is 7.89. The molecule has 0 saturated carbocycles. The van der Waals surface area contributed by atoms with Crippen LogP contribution >= 0.6 is 0 Å². The van der Waals surface area contributed by atoms with E-state index in [9.17, 15) is 8.42 Å². The lowest BCUT2D eigenvalue weighted by molar-refractivity contribution is 0.319. The van der Waals surface area contributed by atoms with Gasteiger partial charge in [-0.1, -0.05) is 56.3 Å². The minimum Gasteiger partial charge on any atom is -0.497 e. The Bertz CT molecular complexity index is 1510. The standard InChI is InChI=1S/C32H38N2O3S/c1-23(2)20-25-12-14-29(15-13-25)38(35,36)33-18-16-27(17-19-33)32-24(3)34(31-11-6-5-10-30(31)32)22-26-8-7-9-28(21-26)37-4/h5-15,21,23,27H,16-20,22H2,1-4H3. The molecule has 0 unspecified atom stereocenters. The highest BCUT2D eigenvalue weighted by atomic mass is 32.2. The number of rotatable bonds is 8. The van der Waals surface area contributed by atoms with E-state index in [1.54, 1.807) is 23.5 Å². The van der Waals surface area contributed by atoms with Crippen LogP contribution in [0.4, 0.5) is 0 Å². The predicted molar refractivity (Wildman–Crippen MR) is 154 cm³/mol. The maximum absolute atomic E-state index is 13.4. The van der Waals surface area contributed by atoms with E-state index in [2.05, 4.69) is 61.7 Å². The first-order valence-corrected chi connectivity index (χ1v) is 15.0. The van der Waals surface area contributed by atoms with Gasteiger partial charge in [0.15, 0.2) is 0 Å². The van der Waals surface area contributed by atoms with Crippen molar-refractivity contribution in [1.29, 1.82) is 0 Å². The number of piperidine rings is 1. The molecule has 5 rings (SSSR count). The Morgan fingerprint density at radius 2 is 1.63 bits per heavy atom. The molecule has 1 aliphatic heterocycles. The Kier molecular flexibility index (Phi) is 7.64. The van der Waals surface area contributed by atoms with Gasteiger partial charge in [0.05, 0.1) is 12.0 Å². The van der Waals surface area contributed by atoms with Crippen LogP contribution in [0.2, 0.25) is 0 Å². The Morgan fingerprint density at radius 3 is 2.32 bits per heavy atom. The second-order valence-electron chi connectivity index (χ2n) is 10.9. The number of nitrogens with zero attached hydrogens (tertiary/aromatic N) is 2. The molecule has 0 aliphatic carbocycles. The second-order valence-corrected chi connectivity index (χ2v) is 12.8. The number of fused-ring (bicyclic) bond motifs is 1. The summed E-state index contributed by atoms with van der Waals surface area (Å²) >= 11 is 0. The van der Waals surface area contributed by atoms with Crippen LogP contribution in [-0.2, 0) is 23.0 Å². The van der Waals surface area contributed by atoms with Crippen molar-refractivity contribution in [3.05, 3.63) is 95.2 Å². The molecule has 1 aliphatic rings. The summed E-state index contributed by atoms with van der Waals surface area (Å²) in [4.78, 5) is 0.398. The first kappa shape index (κ1) is 26.5. The molecular weight excluding hydrogens is 492 g/mol. The quantitative estimate of drug-likeness (QED) is 0.253. The SMILES string of the molecule is COc1cccc(Cn2c(C)c(C3CCN(S(=O)(=O)c4ccc(CC(C)C)cc4)CC3)c3ccccc32)c1. The van der Waals surface area contributed by atoms with Crippen molar-refractivity contribution in [1.82, 2.24) is 8.87 Å². The monoisotopic (exact) mass is 530 g/mol. The third-order valence-corrected chi connectivity index (χ3v) is 9.73. The van der Waals surface area contributed by atoms with Crippen molar-refractivity contribution in [2.45, 2.75) is 57.4 Å². The van der Waals surface area contributed by atoms with E-state index in [-0.39, 0.29) is 0 Å². The van der Waals surface area contributed by atoms with E-state index in [1.165, 1.54) is 33.3 Å². The van der Waals surface area contributed by atoms with E-state index in [0.717, 1.165) is 31.6 Å². The number of ether oxygens (including phenoxy) is 1. The average molecular weight is 531 g/mol. The van der Waals surface area contributed by atoms with Crippen molar-refractivity contribution in [3.8, 4) is 5.75 Å². The van der Waals surface area contributed by atoms with Gasteiger partial charge in [-0.3, -0.25) is 0 Å². The molecule has 0 radical (unpaired) electrons. The van der Waals surface area contributed by atoms with Crippen LogP contribution in [0.25, 0.3) is 10.9 Å². The lowest BCUT2D eigenvalue weighted by Crippen LogP contribution is -2.38. The number of aromatic nitrogens is 1. The zero-order chi connectivity index (χ0) is 26.9. The van der Waals surface area contributed by atoms with Crippen LogP contribution in [0.5, 0.6) is 5.75 Å². The summed E-state index contributed by atoms with van der Waals surface area (Å²) in [5.74, 6) is 1.73. The first-order chi connectivity index (χ1) is 18.3. The number of benzene rings is 3. The summed E-state index contributed by atoms with van der Waals surface area (Å²) in [6.45, 7) is 8.39. The molecule has 2 heterocycles. The maximum Gasteiger partial charge on any atom is 0.243 e. The van der Waals surface area contributed by atoms with Gasteiger partial charge in [-0.15, -0.1) is 0 Å². The molecule has 6 heteroatoms. The highest BCUT2D eigenvalue weighted by Crippen LogP contribution is 2.39. The molecular formula is C32H38N2O3S. The van der Waals surface area contributed by atoms with E-state index >= 15 is 0 Å². The zero-order valence-corrected chi connectivity index (χ0v) is 23.7. The van der Waals surface area contributed by atoms with Crippen LogP contribution in [0.1, 0.15) is 55.0 Å². The third kappa shape index (κ3) is 5.25. The lowest BCUT2D eigenvalue weighted by Gasteiger charge is -2.31. The van der Waals surface area contributed by atoms with Gasteiger partial charge < -0.3 is 9.30 Å². The van der Waals surface area contributed by atoms with E-state index in [1.807, 2.05) is 24.3 Å². The van der Waals surface area contributed by atoms with Gasteiger partial charge in [0.25, 0.3) is 0 Å². The van der Waals surface area contributed by atoms with Gasteiger partial charge in [0, 0.05) is 36.2 Å². The van der Waals surface area contributed by atoms with Crippen molar-refractivity contribution >= 4 is 20.9 Å². The second kappa shape index (κ2) is 11.0. The number of hydrogen-bond acceptors (Lipinski definition) is 3. The van der Waals surface area contributed by atoms with Crippen molar-refractivity contribution in [2.24, 2.45) is 5.92 Å². The van der Waals surface area contributed by atoms with Gasteiger partial charge >= 0.3 is 0 Å². The molecule has 1 saturated heterocycles. The fourth-order valence-electron chi connectivity index (χ4n) is 5.93. The molecule has 0 atom stereocenters. The third-order valence-electron chi connectivity index (χ3n) is 7.82. The molecule has 38 heavy (non-hydrogen) atoms. The Balaban J connectivity index is 1.37. The normalized spacial score (nSPS) is 15.4. The highest BCUT2D eigenvalue weighted by Gasteiger charge is 2.32. The summed E-state index contributed by atoms with van der Waals surface area (Å²) < 4.78 is 36.3. The topological polar surface area (TPSA) is 51.5 Å². The molecule has 1 fully saturated rings. The van der Waals surface area contributed by atoms with Crippen LogP contribution in [0.15, 0.2) is 77.7 Å². The van der Waals surface area contributed by atoms with E-state index in [0.29, 0.717) is 29.8 Å². The average Bonchev–Trinajstić information content (AvgIpc) is 3.19. The number of sulfonamides is 1. The molecule has 5 nitrogen and oxygen atoms in total. The number of methoxy groups -OCH3 is 1. The van der Waals surface area contributed by atoms with Crippen LogP contribution in [0.3, 0.4) is 0 Å². The lowest BCUT2D eigenvalue weighted by atomic mass is 9.88. The Hall–Kier alpha value is -3.09. The van der Waals surface area contributed by atoms with Gasteiger partial charge in [0.2, 0.25) is 10.0 Å². The van der Waals surface area contributed by atoms with Crippen molar-refractivity contribution < 1.29 is 13.2 Å². The van der Waals surface area contributed by atoms with E-state index in [4.69, 9.17) is 4.74 Å². The van der Waals surface area contributed by atoms with Gasteiger partial charge in [-0.05, 0) is 85.0 Å².